The van der Waals surface area contributed by atoms with E-state index in [4.69, 9.17) is 5.73 Å². The van der Waals surface area contributed by atoms with E-state index in [0.717, 1.165) is 16.1 Å². The summed E-state index contributed by atoms with van der Waals surface area (Å²) in [6, 6.07) is 2.00. The van der Waals surface area contributed by atoms with E-state index in [1.807, 2.05) is 26.8 Å². The predicted octanol–water partition coefficient (Wildman–Crippen LogP) is 3.51. The first-order valence-electron chi connectivity index (χ1n) is 4.59. The van der Waals surface area contributed by atoms with Crippen molar-refractivity contribution in [3.05, 3.63) is 22.8 Å². The van der Waals surface area contributed by atoms with Gasteiger partial charge in [-0.2, -0.15) is 0 Å². The fourth-order valence-corrected chi connectivity index (χ4v) is 1.44. The van der Waals surface area contributed by atoms with Gasteiger partial charge in [0.25, 0.3) is 0 Å². The average molecular weight is 197 g/mol. The highest BCUT2D eigenvalue weighted by Gasteiger charge is 2.03. The summed E-state index contributed by atoms with van der Waals surface area (Å²) < 4.78 is 0. The van der Waals surface area contributed by atoms with Gasteiger partial charge in [0.1, 0.15) is 0 Å². The molecule has 1 aromatic rings. The zero-order valence-electron chi connectivity index (χ0n) is 9.10. The SMILES string of the molecule is CC.Cc1cc(S)c(N)c(C)c1C. The minimum absolute atomic E-state index is 0.802. The van der Waals surface area contributed by atoms with E-state index >= 15 is 0 Å². The molecule has 0 fully saturated rings. The third kappa shape index (κ3) is 2.66. The van der Waals surface area contributed by atoms with E-state index in [9.17, 15) is 0 Å². The number of thiol groups is 1. The molecule has 0 unspecified atom stereocenters. The summed E-state index contributed by atoms with van der Waals surface area (Å²) in [4.78, 5) is 0.880. The lowest BCUT2D eigenvalue weighted by Gasteiger charge is -2.09. The molecule has 1 aromatic carbocycles. The van der Waals surface area contributed by atoms with Crippen LogP contribution in [0.25, 0.3) is 0 Å². The average Bonchev–Trinajstić information content (AvgIpc) is 2.15. The monoisotopic (exact) mass is 197 g/mol. The summed E-state index contributed by atoms with van der Waals surface area (Å²) in [5.74, 6) is 0. The van der Waals surface area contributed by atoms with Crippen molar-refractivity contribution in [2.75, 3.05) is 5.73 Å². The molecule has 1 rings (SSSR count). The quantitative estimate of drug-likeness (QED) is 0.483. The number of nitrogens with two attached hydrogens (primary N) is 1. The second kappa shape index (κ2) is 5.18. The highest BCUT2D eigenvalue weighted by molar-refractivity contribution is 7.80. The molecule has 0 radical (unpaired) electrons. The van der Waals surface area contributed by atoms with Crippen LogP contribution in [0.15, 0.2) is 11.0 Å². The van der Waals surface area contributed by atoms with Crippen molar-refractivity contribution in [2.24, 2.45) is 0 Å². The first kappa shape index (κ1) is 12.4. The zero-order chi connectivity index (χ0) is 10.6. The van der Waals surface area contributed by atoms with Crippen molar-refractivity contribution in [1.82, 2.24) is 0 Å². The molecular formula is C11H19NS. The van der Waals surface area contributed by atoms with Gasteiger partial charge in [-0.3, -0.25) is 0 Å². The van der Waals surface area contributed by atoms with E-state index in [1.165, 1.54) is 11.1 Å². The summed E-state index contributed by atoms with van der Waals surface area (Å²) in [5.41, 5.74) is 10.2. The number of hydrogen-bond acceptors (Lipinski definition) is 2. The molecule has 0 aromatic heterocycles. The van der Waals surface area contributed by atoms with Crippen LogP contribution in [0.2, 0.25) is 0 Å². The number of benzene rings is 1. The molecule has 13 heavy (non-hydrogen) atoms. The highest BCUT2D eigenvalue weighted by Crippen LogP contribution is 2.26. The van der Waals surface area contributed by atoms with Crippen LogP contribution in [0.3, 0.4) is 0 Å². The lowest BCUT2D eigenvalue weighted by Crippen LogP contribution is -1.96. The van der Waals surface area contributed by atoms with Gasteiger partial charge in [-0.1, -0.05) is 13.8 Å². The summed E-state index contributed by atoms with van der Waals surface area (Å²) in [5, 5.41) is 0. The van der Waals surface area contributed by atoms with Crippen molar-refractivity contribution in [2.45, 2.75) is 39.5 Å². The molecule has 0 aliphatic heterocycles. The van der Waals surface area contributed by atoms with Gasteiger partial charge < -0.3 is 5.73 Å². The van der Waals surface area contributed by atoms with E-state index in [-0.39, 0.29) is 0 Å². The van der Waals surface area contributed by atoms with E-state index in [0.29, 0.717) is 0 Å². The van der Waals surface area contributed by atoms with Gasteiger partial charge in [0.05, 0.1) is 0 Å². The topological polar surface area (TPSA) is 26.0 Å². The maximum atomic E-state index is 5.78. The van der Waals surface area contributed by atoms with Crippen molar-refractivity contribution in [3.63, 3.8) is 0 Å². The van der Waals surface area contributed by atoms with Gasteiger partial charge >= 0.3 is 0 Å². The first-order valence-corrected chi connectivity index (χ1v) is 5.04. The third-order valence-corrected chi connectivity index (χ3v) is 2.56. The number of rotatable bonds is 0. The molecule has 0 saturated carbocycles. The number of nitrogen functional groups attached to an aromatic ring is 1. The molecule has 0 atom stereocenters. The van der Waals surface area contributed by atoms with Crippen molar-refractivity contribution < 1.29 is 0 Å². The Morgan fingerprint density at radius 2 is 1.54 bits per heavy atom. The van der Waals surface area contributed by atoms with Crippen LogP contribution in [0.4, 0.5) is 5.69 Å². The van der Waals surface area contributed by atoms with Gasteiger partial charge in [-0.25, -0.2) is 0 Å². The van der Waals surface area contributed by atoms with E-state index in [2.05, 4.69) is 26.5 Å². The van der Waals surface area contributed by atoms with Gasteiger partial charge in [0, 0.05) is 10.6 Å². The molecule has 0 amide bonds. The molecule has 1 nitrogen and oxygen atoms in total. The largest absolute Gasteiger partial charge is 0.398 e. The van der Waals surface area contributed by atoms with Crippen LogP contribution >= 0.6 is 12.6 Å². The summed E-state index contributed by atoms with van der Waals surface area (Å²) in [6.45, 7) is 10.2. The van der Waals surface area contributed by atoms with Gasteiger partial charge in [0.2, 0.25) is 0 Å². The summed E-state index contributed by atoms with van der Waals surface area (Å²) in [6.07, 6.45) is 0. The second-order valence-corrected chi connectivity index (χ2v) is 3.36. The number of hydrogen-bond donors (Lipinski definition) is 2. The lowest BCUT2D eigenvalue weighted by atomic mass is 10.0. The Morgan fingerprint density at radius 3 is 2.00 bits per heavy atom. The van der Waals surface area contributed by atoms with Crippen LogP contribution < -0.4 is 5.73 Å². The fourth-order valence-electron chi connectivity index (χ4n) is 1.08. The normalized spacial score (nSPS) is 9.08. The molecule has 0 aliphatic rings. The first-order chi connectivity index (χ1) is 6.04. The zero-order valence-corrected chi connectivity index (χ0v) is 10.00. The maximum absolute atomic E-state index is 5.78. The van der Waals surface area contributed by atoms with Gasteiger partial charge in [-0.15, -0.1) is 12.6 Å². The third-order valence-electron chi connectivity index (χ3n) is 2.19. The van der Waals surface area contributed by atoms with Gasteiger partial charge in [-0.05, 0) is 43.5 Å². The molecule has 0 heterocycles. The van der Waals surface area contributed by atoms with Crippen LogP contribution in [-0.2, 0) is 0 Å². The Kier molecular flexibility index (Phi) is 4.92. The molecule has 0 saturated heterocycles. The Hall–Kier alpha value is -0.630. The molecule has 74 valence electrons. The standard InChI is InChI=1S/C9H13NS.C2H6/c1-5-4-8(11)9(10)7(3)6(5)2;1-2/h4,11H,10H2,1-3H3;1-2H3. The van der Waals surface area contributed by atoms with Crippen LogP contribution in [0.1, 0.15) is 30.5 Å². The Labute approximate surface area is 86.8 Å². The number of anilines is 1. The lowest BCUT2D eigenvalue weighted by molar-refractivity contribution is 1.22. The molecule has 2 N–H and O–H groups in total. The highest BCUT2D eigenvalue weighted by atomic mass is 32.1. The molecule has 0 aliphatic carbocycles. The molecular weight excluding hydrogens is 178 g/mol. The molecule has 2 heteroatoms. The van der Waals surface area contributed by atoms with E-state index in [1.54, 1.807) is 0 Å². The fraction of sp³-hybridized carbons (Fsp3) is 0.455. The van der Waals surface area contributed by atoms with Crippen molar-refractivity contribution in [3.8, 4) is 0 Å². The smallest absolute Gasteiger partial charge is 0.0482 e. The van der Waals surface area contributed by atoms with Crippen LogP contribution in [0, 0.1) is 20.8 Å². The van der Waals surface area contributed by atoms with Crippen LogP contribution in [0.5, 0.6) is 0 Å². The molecule has 0 bridgehead atoms. The maximum Gasteiger partial charge on any atom is 0.0482 e. The van der Waals surface area contributed by atoms with E-state index < -0.39 is 0 Å². The Balaban J connectivity index is 0.000000671. The summed E-state index contributed by atoms with van der Waals surface area (Å²) in [7, 11) is 0. The van der Waals surface area contributed by atoms with Gasteiger partial charge in [0.15, 0.2) is 0 Å². The predicted molar refractivity (Wildman–Crippen MR) is 63.7 cm³/mol. The second-order valence-electron chi connectivity index (χ2n) is 2.88. The van der Waals surface area contributed by atoms with Crippen LogP contribution in [-0.4, -0.2) is 0 Å². The minimum atomic E-state index is 0.802. The Bertz CT molecular complexity index is 266. The minimum Gasteiger partial charge on any atom is -0.398 e. The molecule has 0 spiro atoms. The Morgan fingerprint density at radius 1 is 1.08 bits per heavy atom. The van der Waals surface area contributed by atoms with Crippen molar-refractivity contribution >= 4 is 18.3 Å². The number of aryl methyl sites for hydroxylation is 1. The summed E-state index contributed by atoms with van der Waals surface area (Å²) >= 11 is 4.26. The van der Waals surface area contributed by atoms with Crippen molar-refractivity contribution in [1.29, 1.82) is 0 Å².